The van der Waals surface area contributed by atoms with E-state index >= 15 is 0 Å². The van der Waals surface area contributed by atoms with Crippen molar-refractivity contribution >= 4 is 22.2 Å². The third kappa shape index (κ3) is 3.61. The first-order valence-electron chi connectivity index (χ1n) is 8.06. The van der Waals surface area contributed by atoms with Crippen LogP contribution in [0.4, 0.5) is 0 Å². The summed E-state index contributed by atoms with van der Waals surface area (Å²) in [6.45, 7) is 6.50. The molecule has 3 heterocycles. The van der Waals surface area contributed by atoms with Crippen molar-refractivity contribution in [1.29, 1.82) is 0 Å². The Kier molecular flexibility index (Phi) is 4.67. The van der Waals surface area contributed by atoms with Gasteiger partial charge in [0.2, 0.25) is 0 Å². The highest BCUT2D eigenvalue weighted by atomic mass is 32.1. The van der Waals surface area contributed by atoms with Crippen molar-refractivity contribution in [3.8, 4) is 0 Å². The quantitative estimate of drug-likeness (QED) is 0.779. The average molecular weight is 356 g/mol. The first-order valence-corrected chi connectivity index (χ1v) is 8.94. The molecule has 0 radical (unpaired) electrons. The second-order valence-corrected chi connectivity index (χ2v) is 7.63. The third-order valence-electron chi connectivity index (χ3n) is 3.85. The number of carbonyl (C=O) groups is 1. The fourth-order valence-electron chi connectivity index (χ4n) is 2.51. The zero-order valence-electron chi connectivity index (χ0n) is 14.4. The lowest BCUT2D eigenvalue weighted by atomic mass is 9.93. The lowest BCUT2D eigenvalue weighted by Gasteiger charge is -2.17. The Labute approximate surface area is 149 Å². The molecule has 0 spiro atoms. The number of rotatable bonds is 4. The molecule has 0 aliphatic rings. The molecule has 0 saturated heterocycles. The van der Waals surface area contributed by atoms with E-state index in [9.17, 15) is 9.59 Å². The number of fused-ring (bicyclic) bond motifs is 1. The van der Waals surface area contributed by atoms with Gasteiger partial charge in [0.1, 0.15) is 5.56 Å². The molecule has 3 aromatic rings. The minimum Gasteiger partial charge on any atom is -0.351 e. The van der Waals surface area contributed by atoms with Crippen LogP contribution in [-0.4, -0.2) is 26.8 Å². The van der Waals surface area contributed by atoms with E-state index in [0.29, 0.717) is 17.9 Å². The van der Waals surface area contributed by atoms with Gasteiger partial charge in [0.25, 0.3) is 11.5 Å². The fourth-order valence-corrected chi connectivity index (χ4v) is 3.59. The van der Waals surface area contributed by atoms with E-state index in [1.54, 1.807) is 10.6 Å². The van der Waals surface area contributed by atoms with Crippen molar-refractivity contribution in [3.63, 3.8) is 0 Å². The van der Waals surface area contributed by atoms with Gasteiger partial charge in [-0.2, -0.15) is 0 Å². The summed E-state index contributed by atoms with van der Waals surface area (Å²) < 4.78 is 1.54. The minimum atomic E-state index is -0.408. The maximum atomic E-state index is 12.8. The Morgan fingerprint density at radius 1 is 1.28 bits per heavy atom. The molecular weight excluding hydrogens is 336 g/mol. The smallest absolute Gasteiger partial charge is 0.271 e. The Morgan fingerprint density at radius 3 is 2.76 bits per heavy atom. The zero-order valence-corrected chi connectivity index (χ0v) is 15.3. The third-order valence-corrected chi connectivity index (χ3v) is 4.69. The number of nitrogens with zero attached hydrogens (tertiary/aromatic N) is 3. The number of nitrogens with one attached hydrogen (secondary N) is 1. The van der Waals surface area contributed by atoms with Gasteiger partial charge in [-0.1, -0.05) is 26.8 Å². The summed E-state index contributed by atoms with van der Waals surface area (Å²) in [6.07, 6.45) is 3.68. The molecule has 6 nitrogen and oxygen atoms in total. The van der Waals surface area contributed by atoms with E-state index in [4.69, 9.17) is 0 Å². The largest absolute Gasteiger partial charge is 0.351 e. The van der Waals surface area contributed by atoms with Gasteiger partial charge in [-0.25, -0.2) is 4.98 Å². The molecule has 1 N–H and O–H groups in total. The van der Waals surface area contributed by atoms with E-state index in [-0.39, 0.29) is 16.5 Å². The number of aromatic nitrogens is 3. The topological polar surface area (TPSA) is 76.4 Å². The Morgan fingerprint density at radius 2 is 2.08 bits per heavy atom. The maximum Gasteiger partial charge on any atom is 0.271 e. The molecule has 3 rings (SSSR count). The van der Waals surface area contributed by atoms with Crippen molar-refractivity contribution in [2.75, 3.05) is 6.54 Å². The molecule has 0 aliphatic carbocycles. The second kappa shape index (κ2) is 6.76. The van der Waals surface area contributed by atoms with Gasteiger partial charge in [0.15, 0.2) is 4.96 Å². The van der Waals surface area contributed by atoms with Gasteiger partial charge in [-0.3, -0.25) is 19.0 Å². The molecular formula is C18H20N4O2S. The summed E-state index contributed by atoms with van der Waals surface area (Å²) in [5, 5.41) is 4.70. The van der Waals surface area contributed by atoms with E-state index in [2.05, 4.69) is 15.3 Å². The number of amides is 1. The summed E-state index contributed by atoms with van der Waals surface area (Å²) in [5.74, 6) is -0.408. The predicted octanol–water partition coefficient (Wildman–Crippen LogP) is 2.42. The van der Waals surface area contributed by atoms with Crippen LogP contribution in [0, 0.1) is 0 Å². The fraction of sp³-hybridized carbons (Fsp3) is 0.333. The first kappa shape index (κ1) is 17.3. The monoisotopic (exact) mass is 356 g/mol. The number of thiazole rings is 1. The molecule has 0 bridgehead atoms. The number of hydrogen-bond donors (Lipinski definition) is 1. The Bertz CT molecular complexity index is 955. The molecule has 3 aromatic heterocycles. The van der Waals surface area contributed by atoms with E-state index in [1.165, 1.54) is 17.5 Å². The van der Waals surface area contributed by atoms with Crippen molar-refractivity contribution in [2.24, 2.45) is 0 Å². The van der Waals surface area contributed by atoms with Crippen molar-refractivity contribution in [3.05, 3.63) is 63.3 Å². The van der Waals surface area contributed by atoms with Crippen molar-refractivity contribution in [2.45, 2.75) is 32.6 Å². The minimum absolute atomic E-state index is 0.0578. The van der Waals surface area contributed by atoms with Crippen LogP contribution < -0.4 is 10.9 Å². The highest BCUT2D eigenvalue weighted by Crippen LogP contribution is 2.25. The van der Waals surface area contributed by atoms with Crippen molar-refractivity contribution < 1.29 is 4.79 Å². The van der Waals surface area contributed by atoms with Crippen LogP contribution in [0.25, 0.3) is 4.96 Å². The Hall–Kier alpha value is -2.54. The lowest BCUT2D eigenvalue weighted by molar-refractivity contribution is 0.0952. The zero-order chi connectivity index (χ0) is 18.0. The molecule has 25 heavy (non-hydrogen) atoms. The standard InChI is InChI=1S/C18H20N4O2S/c1-18(2,3)14-11-25-17-21-10-13(16(24)22(14)17)15(23)20-9-7-12-6-4-5-8-19-12/h4-6,8,10-11H,7,9H2,1-3H3,(H,20,23). The van der Waals surface area contributed by atoms with Gasteiger partial charge in [-0.05, 0) is 12.1 Å². The summed E-state index contributed by atoms with van der Waals surface area (Å²) in [5.41, 5.74) is 1.26. The van der Waals surface area contributed by atoms with E-state index in [0.717, 1.165) is 11.4 Å². The number of pyridine rings is 1. The maximum absolute atomic E-state index is 12.8. The van der Waals surface area contributed by atoms with E-state index < -0.39 is 5.91 Å². The summed E-state index contributed by atoms with van der Waals surface area (Å²) in [4.78, 5) is 34.3. The van der Waals surface area contributed by atoms with Gasteiger partial charge < -0.3 is 5.32 Å². The predicted molar refractivity (Wildman–Crippen MR) is 98.3 cm³/mol. The van der Waals surface area contributed by atoms with Crippen LogP contribution in [-0.2, 0) is 11.8 Å². The normalized spacial score (nSPS) is 11.6. The van der Waals surface area contributed by atoms with Gasteiger partial charge in [0.05, 0.1) is 0 Å². The number of carbonyl (C=O) groups excluding carboxylic acids is 1. The van der Waals surface area contributed by atoms with Gasteiger partial charge in [-0.15, -0.1) is 11.3 Å². The van der Waals surface area contributed by atoms with Crippen LogP contribution in [0.1, 0.15) is 42.5 Å². The van der Waals surface area contributed by atoms with Crippen LogP contribution in [0.3, 0.4) is 0 Å². The van der Waals surface area contributed by atoms with E-state index in [1.807, 2.05) is 44.4 Å². The molecule has 0 aliphatic heterocycles. The van der Waals surface area contributed by atoms with Crippen molar-refractivity contribution in [1.82, 2.24) is 19.7 Å². The number of hydrogen-bond acceptors (Lipinski definition) is 5. The molecule has 0 unspecified atom stereocenters. The van der Waals surface area contributed by atoms with Crippen LogP contribution in [0.5, 0.6) is 0 Å². The van der Waals surface area contributed by atoms with Crippen LogP contribution in [0.15, 0.2) is 40.8 Å². The molecule has 0 saturated carbocycles. The summed E-state index contributed by atoms with van der Waals surface area (Å²) >= 11 is 1.40. The molecule has 0 atom stereocenters. The lowest BCUT2D eigenvalue weighted by Crippen LogP contribution is -2.34. The highest BCUT2D eigenvalue weighted by molar-refractivity contribution is 7.15. The average Bonchev–Trinajstić information content (AvgIpc) is 3.01. The Balaban J connectivity index is 1.82. The molecule has 0 aromatic carbocycles. The molecule has 130 valence electrons. The summed E-state index contributed by atoms with van der Waals surface area (Å²) in [6, 6.07) is 5.65. The van der Waals surface area contributed by atoms with Gasteiger partial charge in [0, 0.05) is 47.5 Å². The molecule has 1 amide bonds. The van der Waals surface area contributed by atoms with Crippen LogP contribution >= 0.6 is 11.3 Å². The molecule has 0 fully saturated rings. The van der Waals surface area contributed by atoms with Crippen LogP contribution in [0.2, 0.25) is 0 Å². The second-order valence-electron chi connectivity index (χ2n) is 6.79. The van der Waals surface area contributed by atoms with Gasteiger partial charge >= 0.3 is 0 Å². The highest BCUT2D eigenvalue weighted by Gasteiger charge is 2.22. The molecule has 7 heteroatoms. The summed E-state index contributed by atoms with van der Waals surface area (Å²) in [7, 11) is 0. The SMILES string of the molecule is CC(C)(C)c1csc2ncc(C(=O)NCCc3ccccn3)c(=O)n12. The first-order chi connectivity index (χ1) is 11.9.